The van der Waals surface area contributed by atoms with E-state index in [1.165, 1.54) is 22.3 Å². The van der Waals surface area contributed by atoms with Crippen LogP contribution in [0.15, 0.2) is 47.6 Å². The van der Waals surface area contributed by atoms with Crippen molar-refractivity contribution in [2.24, 2.45) is 0 Å². The molecule has 23 heavy (non-hydrogen) atoms. The molecule has 1 heterocycles. The lowest BCUT2D eigenvalue weighted by Crippen LogP contribution is -2.00. The molecule has 0 unspecified atom stereocenters. The van der Waals surface area contributed by atoms with E-state index in [2.05, 4.69) is 78.0 Å². The first-order chi connectivity index (χ1) is 11.0. The smallest absolute Gasteiger partial charge is 0.196 e. The average molecular weight is 323 g/mol. The molecule has 4 heteroatoms. The van der Waals surface area contributed by atoms with Crippen LogP contribution in [0, 0.1) is 27.7 Å². The number of hydrogen-bond donors (Lipinski definition) is 0. The van der Waals surface area contributed by atoms with Crippen molar-refractivity contribution in [2.45, 2.75) is 38.6 Å². The Labute approximate surface area is 141 Å². The van der Waals surface area contributed by atoms with E-state index in [1.807, 2.05) is 6.92 Å². The van der Waals surface area contributed by atoms with Crippen LogP contribution in [0.1, 0.15) is 28.1 Å². The third-order valence-corrected chi connectivity index (χ3v) is 4.99. The molecule has 0 aliphatic rings. The normalized spacial score (nSPS) is 11.0. The van der Waals surface area contributed by atoms with E-state index >= 15 is 0 Å². The molecule has 0 spiro atoms. The number of nitrogens with zero attached hydrogens (tertiary/aromatic N) is 3. The molecule has 0 aliphatic carbocycles. The van der Waals surface area contributed by atoms with Crippen LogP contribution < -0.4 is 0 Å². The van der Waals surface area contributed by atoms with Gasteiger partial charge in [-0.1, -0.05) is 47.7 Å². The van der Waals surface area contributed by atoms with Crippen LogP contribution in [0.4, 0.5) is 0 Å². The van der Waals surface area contributed by atoms with Gasteiger partial charge in [0.15, 0.2) is 5.16 Å². The summed E-state index contributed by atoms with van der Waals surface area (Å²) in [5.41, 5.74) is 6.30. The zero-order chi connectivity index (χ0) is 16.4. The number of thioether (sulfide) groups is 1. The summed E-state index contributed by atoms with van der Waals surface area (Å²) in [6.45, 7) is 8.39. The fraction of sp³-hybridized carbons (Fsp3) is 0.263. The molecule has 0 N–H and O–H groups in total. The first-order valence-corrected chi connectivity index (χ1v) is 8.71. The first-order valence-electron chi connectivity index (χ1n) is 7.72. The molecule has 3 rings (SSSR count). The lowest BCUT2D eigenvalue weighted by Gasteiger charge is -2.10. The van der Waals surface area contributed by atoms with E-state index in [4.69, 9.17) is 0 Å². The van der Waals surface area contributed by atoms with Crippen LogP contribution in [-0.4, -0.2) is 14.8 Å². The Morgan fingerprint density at radius 1 is 0.913 bits per heavy atom. The Morgan fingerprint density at radius 3 is 2.48 bits per heavy atom. The first kappa shape index (κ1) is 15.8. The molecule has 0 bridgehead atoms. The summed E-state index contributed by atoms with van der Waals surface area (Å²) in [6, 6.07) is 15.1. The minimum Gasteiger partial charge on any atom is -0.274 e. The van der Waals surface area contributed by atoms with Gasteiger partial charge >= 0.3 is 0 Å². The summed E-state index contributed by atoms with van der Waals surface area (Å²) >= 11 is 1.72. The van der Waals surface area contributed by atoms with Crippen molar-refractivity contribution in [3.05, 3.63) is 70.5 Å². The highest BCUT2D eigenvalue weighted by atomic mass is 32.2. The minimum absolute atomic E-state index is 0.894. The molecule has 118 valence electrons. The molecule has 0 aliphatic heterocycles. The van der Waals surface area contributed by atoms with Gasteiger partial charge in [0.2, 0.25) is 0 Å². The summed E-state index contributed by atoms with van der Waals surface area (Å²) in [6.07, 6.45) is 0. The van der Waals surface area contributed by atoms with Gasteiger partial charge in [-0.3, -0.25) is 4.57 Å². The van der Waals surface area contributed by atoms with Crippen molar-refractivity contribution in [1.29, 1.82) is 0 Å². The quantitative estimate of drug-likeness (QED) is 0.647. The van der Waals surface area contributed by atoms with Gasteiger partial charge in [-0.25, -0.2) is 0 Å². The molecule has 0 atom stereocenters. The van der Waals surface area contributed by atoms with Crippen molar-refractivity contribution in [2.75, 3.05) is 0 Å². The summed E-state index contributed by atoms with van der Waals surface area (Å²) in [7, 11) is 0. The number of aromatic nitrogens is 3. The Hall–Kier alpha value is -2.07. The maximum Gasteiger partial charge on any atom is 0.196 e. The van der Waals surface area contributed by atoms with Gasteiger partial charge in [0.25, 0.3) is 0 Å². The molecule has 0 radical (unpaired) electrons. The molecule has 0 amide bonds. The Balaban J connectivity index is 1.88. The zero-order valence-electron chi connectivity index (χ0n) is 14.0. The molecular formula is C19H21N3S. The lowest BCUT2D eigenvalue weighted by atomic mass is 10.1. The van der Waals surface area contributed by atoms with E-state index in [9.17, 15) is 0 Å². The van der Waals surface area contributed by atoms with Crippen LogP contribution in [0.5, 0.6) is 0 Å². The third kappa shape index (κ3) is 3.48. The second kappa shape index (κ2) is 6.59. The van der Waals surface area contributed by atoms with Crippen molar-refractivity contribution < 1.29 is 0 Å². The van der Waals surface area contributed by atoms with E-state index in [-0.39, 0.29) is 0 Å². The standard InChI is InChI=1S/C19H21N3S/c1-13-6-5-7-17(10-13)12-23-19-21-20-16(4)22(19)18-9-8-14(2)15(3)11-18/h5-11H,12H2,1-4H3. The zero-order valence-corrected chi connectivity index (χ0v) is 14.8. The maximum atomic E-state index is 4.36. The number of hydrogen-bond acceptors (Lipinski definition) is 3. The fourth-order valence-electron chi connectivity index (χ4n) is 2.55. The van der Waals surface area contributed by atoms with Crippen LogP contribution in [0.25, 0.3) is 5.69 Å². The number of rotatable bonds is 4. The summed E-state index contributed by atoms with van der Waals surface area (Å²) in [4.78, 5) is 0. The molecule has 0 fully saturated rings. The molecule has 2 aromatic carbocycles. The predicted octanol–water partition coefficient (Wildman–Crippen LogP) is 4.79. The molecular weight excluding hydrogens is 302 g/mol. The van der Waals surface area contributed by atoms with Gasteiger partial charge in [-0.2, -0.15) is 0 Å². The van der Waals surface area contributed by atoms with Crippen molar-refractivity contribution in [3.63, 3.8) is 0 Å². The summed E-state index contributed by atoms with van der Waals surface area (Å²) in [5.74, 6) is 1.81. The second-order valence-electron chi connectivity index (χ2n) is 5.91. The molecule has 0 saturated carbocycles. The summed E-state index contributed by atoms with van der Waals surface area (Å²) in [5, 5.41) is 9.56. The molecule has 3 nitrogen and oxygen atoms in total. The highest BCUT2D eigenvalue weighted by Gasteiger charge is 2.12. The van der Waals surface area contributed by atoms with Crippen LogP contribution in [-0.2, 0) is 5.75 Å². The third-order valence-electron chi connectivity index (χ3n) is 3.99. The second-order valence-corrected chi connectivity index (χ2v) is 6.85. The van der Waals surface area contributed by atoms with Gasteiger partial charge < -0.3 is 0 Å². The number of aryl methyl sites for hydroxylation is 4. The van der Waals surface area contributed by atoms with Gasteiger partial charge in [-0.05, 0) is 56.5 Å². The molecule has 3 aromatic rings. The van der Waals surface area contributed by atoms with Crippen LogP contribution >= 0.6 is 11.8 Å². The lowest BCUT2D eigenvalue weighted by molar-refractivity contribution is 0.866. The SMILES string of the molecule is Cc1cccc(CSc2nnc(C)n2-c2ccc(C)c(C)c2)c1. The molecule has 1 aromatic heterocycles. The Bertz CT molecular complexity index is 836. The van der Waals surface area contributed by atoms with Crippen LogP contribution in [0.2, 0.25) is 0 Å². The average Bonchev–Trinajstić information content (AvgIpc) is 2.89. The topological polar surface area (TPSA) is 30.7 Å². The minimum atomic E-state index is 0.894. The Kier molecular flexibility index (Phi) is 4.53. The fourth-order valence-corrected chi connectivity index (χ4v) is 3.49. The largest absolute Gasteiger partial charge is 0.274 e. The monoisotopic (exact) mass is 323 g/mol. The van der Waals surface area contributed by atoms with Gasteiger partial charge in [-0.15, -0.1) is 10.2 Å². The van der Waals surface area contributed by atoms with Gasteiger partial charge in [0, 0.05) is 11.4 Å². The highest BCUT2D eigenvalue weighted by Crippen LogP contribution is 2.26. The molecule has 0 saturated heterocycles. The van der Waals surface area contributed by atoms with Gasteiger partial charge in [0.1, 0.15) is 5.82 Å². The Morgan fingerprint density at radius 2 is 1.74 bits per heavy atom. The van der Waals surface area contributed by atoms with Crippen molar-refractivity contribution in [1.82, 2.24) is 14.8 Å². The van der Waals surface area contributed by atoms with Gasteiger partial charge in [0.05, 0.1) is 0 Å². The maximum absolute atomic E-state index is 4.36. The van der Waals surface area contributed by atoms with Crippen molar-refractivity contribution in [3.8, 4) is 5.69 Å². The van der Waals surface area contributed by atoms with Crippen molar-refractivity contribution >= 4 is 11.8 Å². The van der Waals surface area contributed by atoms with E-state index in [1.54, 1.807) is 11.8 Å². The van der Waals surface area contributed by atoms with E-state index in [0.717, 1.165) is 22.4 Å². The van der Waals surface area contributed by atoms with Crippen LogP contribution in [0.3, 0.4) is 0 Å². The number of benzene rings is 2. The highest BCUT2D eigenvalue weighted by molar-refractivity contribution is 7.98. The summed E-state index contributed by atoms with van der Waals surface area (Å²) < 4.78 is 2.13. The van der Waals surface area contributed by atoms with E-state index in [0.29, 0.717) is 0 Å². The predicted molar refractivity (Wildman–Crippen MR) is 96.3 cm³/mol. The van der Waals surface area contributed by atoms with E-state index < -0.39 is 0 Å².